The van der Waals surface area contributed by atoms with E-state index in [1.807, 2.05) is 34.7 Å². The highest BCUT2D eigenvalue weighted by Crippen LogP contribution is 2.28. The van der Waals surface area contributed by atoms with E-state index in [1.165, 1.54) is 0 Å². The molecule has 0 aromatic carbocycles. The molecule has 6 heteroatoms. The molecule has 0 aliphatic heterocycles. The van der Waals surface area contributed by atoms with Crippen LogP contribution in [0.4, 0.5) is 0 Å². The highest BCUT2D eigenvalue weighted by atomic mass is 32.1. The smallest absolute Gasteiger partial charge is 0.317 e. The molecule has 0 spiro atoms. The Kier molecular flexibility index (Phi) is 5.07. The second-order valence-electron chi connectivity index (χ2n) is 4.23. The minimum absolute atomic E-state index is 0.0691. The maximum Gasteiger partial charge on any atom is 0.317 e. The first-order valence-corrected chi connectivity index (χ1v) is 7.87. The third-order valence-electron chi connectivity index (χ3n) is 2.57. The zero-order valence-electron chi connectivity index (χ0n) is 10.7. The molecule has 2 aromatic heterocycles. The number of rotatable bonds is 7. The molecule has 1 N–H and O–H groups in total. The Balaban J connectivity index is 2.03. The van der Waals surface area contributed by atoms with Crippen molar-refractivity contribution in [1.82, 2.24) is 9.88 Å². The van der Waals surface area contributed by atoms with Gasteiger partial charge in [-0.3, -0.25) is 9.69 Å². The standard InChI is InChI=1S/C13H16N2O2S2/c1-2-5-15(8-12(16)17)7-10-9-19-13(14-10)11-4-3-6-18-11/h3-4,6,9H,2,5,7-8H2,1H3,(H,16,17). The molecular formula is C13H16N2O2S2. The summed E-state index contributed by atoms with van der Waals surface area (Å²) < 4.78 is 0. The lowest BCUT2D eigenvalue weighted by molar-refractivity contribution is -0.138. The number of carboxylic acid groups (broad SMARTS) is 1. The maximum absolute atomic E-state index is 10.8. The fraction of sp³-hybridized carbons (Fsp3) is 0.385. The van der Waals surface area contributed by atoms with Gasteiger partial charge in [-0.15, -0.1) is 22.7 Å². The summed E-state index contributed by atoms with van der Waals surface area (Å²) in [6.45, 7) is 3.49. The minimum Gasteiger partial charge on any atom is -0.480 e. The topological polar surface area (TPSA) is 53.4 Å². The average Bonchev–Trinajstić information content (AvgIpc) is 2.97. The first-order valence-electron chi connectivity index (χ1n) is 6.11. The summed E-state index contributed by atoms with van der Waals surface area (Å²) in [7, 11) is 0. The van der Waals surface area contributed by atoms with Crippen LogP contribution < -0.4 is 0 Å². The van der Waals surface area contributed by atoms with Crippen LogP contribution in [0.3, 0.4) is 0 Å². The third-order valence-corrected chi connectivity index (χ3v) is 4.50. The number of aromatic nitrogens is 1. The number of aliphatic carboxylic acids is 1. The minimum atomic E-state index is -0.790. The number of thiophene rings is 1. The Morgan fingerprint density at radius 2 is 2.32 bits per heavy atom. The van der Waals surface area contributed by atoms with Crippen LogP contribution in [-0.2, 0) is 11.3 Å². The van der Waals surface area contributed by atoms with Gasteiger partial charge in [-0.2, -0.15) is 0 Å². The SMILES string of the molecule is CCCN(CC(=O)O)Cc1csc(-c2cccs2)n1. The van der Waals surface area contributed by atoms with Gasteiger partial charge in [0.15, 0.2) is 0 Å². The number of carboxylic acids is 1. The molecule has 0 bridgehead atoms. The maximum atomic E-state index is 10.8. The molecule has 2 heterocycles. The quantitative estimate of drug-likeness (QED) is 0.852. The van der Waals surface area contributed by atoms with Gasteiger partial charge in [-0.05, 0) is 24.4 Å². The van der Waals surface area contributed by atoms with Crippen LogP contribution in [0.25, 0.3) is 9.88 Å². The predicted octanol–water partition coefficient (Wildman–Crippen LogP) is 3.17. The van der Waals surface area contributed by atoms with Gasteiger partial charge in [0.05, 0.1) is 17.1 Å². The van der Waals surface area contributed by atoms with Crippen molar-refractivity contribution in [2.45, 2.75) is 19.9 Å². The number of hydrogen-bond donors (Lipinski definition) is 1. The van der Waals surface area contributed by atoms with Gasteiger partial charge in [-0.25, -0.2) is 4.98 Å². The summed E-state index contributed by atoms with van der Waals surface area (Å²) in [4.78, 5) is 18.5. The Morgan fingerprint density at radius 3 is 2.95 bits per heavy atom. The number of hydrogen-bond acceptors (Lipinski definition) is 5. The van der Waals surface area contributed by atoms with E-state index in [0.717, 1.165) is 28.5 Å². The van der Waals surface area contributed by atoms with Crippen LogP contribution in [0.5, 0.6) is 0 Å². The molecule has 0 saturated heterocycles. The molecule has 0 saturated carbocycles. The van der Waals surface area contributed by atoms with E-state index in [-0.39, 0.29) is 6.54 Å². The molecule has 0 aliphatic rings. The van der Waals surface area contributed by atoms with Crippen LogP contribution in [-0.4, -0.2) is 34.0 Å². The largest absolute Gasteiger partial charge is 0.480 e. The van der Waals surface area contributed by atoms with E-state index < -0.39 is 5.97 Å². The third kappa shape index (κ3) is 4.12. The van der Waals surface area contributed by atoms with Gasteiger partial charge in [0.2, 0.25) is 0 Å². The van der Waals surface area contributed by atoms with Crippen molar-refractivity contribution in [1.29, 1.82) is 0 Å². The Hall–Kier alpha value is -1.24. The van der Waals surface area contributed by atoms with Gasteiger partial charge < -0.3 is 5.11 Å². The van der Waals surface area contributed by atoms with E-state index in [9.17, 15) is 4.79 Å². The van der Waals surface area contributed by atoms with E-state index in [1.54, 1.807) is 22.7 Å². The van der Waals surface area contributed by atoms with E-state index in [2.05, 4.69) is 4.98 Å². The highest BCUT2D eigenvalue weighted by Gasteiger charge is 2.12. The molecule has 19 heavy (non-hydrogen) atoms. The highest BCUT2D eigenvalue weighted by molar-refractivity contribution is 7.20. The summed E-state index contributed by atoms with van der Waals surface area (Å²) in [5.74, 6) is -0.790. The molecule has 102 valence electrons. The van der Waals surface area contributed by atoms with E-state index in [4.69, 9.17) is 5.11 Å². The molecule has 0 aliphatic carbocycles. The molecule has 4 nitrogen and oxygen atoms in total. The first kappa shape index (κ1) is 14.2. The summed E-state index contributed by atoms with van der Waals surface area (Å²) in [5.41, 5.74) is 0.947. The lowest BCUT2D eigenvalue weighted by Gasteiger charge is -2.17. The van der Waals surface area contributed by atoms with Gasteiger partial charge >= 0.3 is 5.97 Å². The van der Waals surface area contributed by atoms with Crippen LogP contribution >= 0.6 is 22.7 Å². The van der Waals surface area contributed by atoms with Crippen molar-refractivity contribution in [2.24, 2.45) is 0 Å². The van der Waals surface area contributed by atoms with Crippen LogP contribution in [0, 0.1) is 0 Å². The Morgan fingerprint density at radius 1 is 1.47 bits per heavy atom. The van der Waals surface area contributed by atoms with Crippen molar-refractivity contribution >= 4 is 28.6 Å². The van der Waals surface area contributed by atoms with Crippen molar-refractivity contribution in [2.75, 3.05) is 13.1 Å². The van der Waals surface area contributed by atoms with Crippen molar-refractivity contribution < 1.29 is 9.90 Å². The summed E-state index contributed by atoms with van der Waals surface area (Å²) in [5, 5.41) is 13.9. The Labute approximate surface area is 120 Å². The Bertz CT molecular complexity index is 522. The van der Waals surface area contributed by atoms with Crippen molar-refractivity contribution in [3.05, 3.63) is 28.6 Å². The van der Waals surface area contributed by atoms with Crippen LogP contribution in [0.2, 0.25) is 0 Å². The number of carbonyl (C=O) groups is 1. The molecule has 0 atom stereocenters. The molecule has 0 unspecified atom stereocenters. The number of thiazole rings is 1. The molecule has 2 rings (SSSR count). The van der Waals surface area contributed by atoms with Gasteiger partial charge in [0.25, 0.3) is 0 Å². The molecule has 2 aromatic rings. The van der Waals surface area contributed by atoms with Gasteiger partial charge in [0, 0.05) is 11.9 Å². The van der Waals surface area contributed by atoms with E-state index >= 15 is 0 Å². The zero-order chi connectivity index (χ0) is 13.7. The second-order valence-corrected chi connectivity index (χ2v) is 6.03. The van der Waals surface area contributed by atoms with Gasteiger partial charge in [0.1, 0.15) is 5.01 Å². The molecule has 0 radical (unpaired) electrons. The average molecular weight is 296 g/mol. The van der Waals surface area contributed by atoms with Gasteiger partial charge in [-0.1, -0.05) is 13.0 Å². The van der Waals surface area contributed by atoms with Crippen molar-refractivity contribution in [3.63, 3.8) is 0 Å². The normalized spacial score (nSPS) is 11.1. The molecule has 0 amide bonds. The summed E-state index contributed by atoms with van der Waals surface area (Å²) >= 11 is 3.28. The first-order chi connectivity index (χ1) is 9.19. The number of nitrogens with zero attached hydrogens (tertiary/aromatic N) is 2. The summed E-state index contributed by atoms with van der Waals surface area (Å²) in [6.07, 6.45) is 0.940. The lowest BCUT2D eigenvalue weighted by Crippen LogP contribution is -2.30. The fourth-order valence-electron chi connectivity index (χ4n) is 1.84. The second kappa shape index (κ2) is 6.79. The molecular weight excluding hydrogens is 280 g/mol. The molecule has 0 fully saturated rings. The van der Waals surface area contributed by atoms with Crippen LogP contribution in [0.15, 0.2) is 22.9 Å². The lowest BCUT2D eigenvalue weighted by atomic mass is 10.3. The predicted molar refractivity (Wildman–Crippen MR) is 78.6 cm³/mol. The fourth-order valence-corrected chi connectivity index (χ4v) is 3.47. The monoisotopic (exact) mass is 296 g/mol. The van der Waals surface area contributed by atoms with Crippen molar-refractivity contribution in [3.8, 4) is 9.88 Å². The van der Waals surface area contributed by atoms with Crippen LogP contribution in [0.1, 0.15) is 19.0 Å². The van der Waals surface area contributed by atoms with E-state index in [0.29, 0.717) is 6.54 Å². The summed E-state index contributed by atoms with van der Waals surface area (Å²) in [6, 6.07) is 4.06. The zero-order valence-corrected chi connectivity index (χ0v) is 12.3.